The van der Waals surface area contributed by atoms with E-state index in [0.29, 0.717) is 18.3 Å². The van der Waals surface area contributed by atoms with Gasteiger partial charge < -0.3 is 10.6 Å². The molecule has 0 saturated carbocycles. The number of carbonyl (C=O) groups is 1. The van der Waals surface area contributed by atoms with Gasteiger partial charge in [-0.25, -0.2) is 0 Å². The van der Waals surface area contributed by atoms with Crippen molar-refractivity contribution in [3.63, 3.8) is 0 Å². The summed E-state index contributed by atoms with van der Waals surface area (Å²) in [4.78, 5) is 13.4. The Labute approximate surface area is 128 Å². The number of nitrogens with one attached hydrogen (secondary N) is 2. The SMILES string of the molecule is O=C(NCCc1cccs1)c1ccn([C@@H]2CCCNC2)n1. The number of nitrogens with zero attached hydrogens (tertiary/aromatic N) is 2. The van der Waals surface area contributed by atoms with Crippen LogP contribution in [0.3, 0.4) is 0 Å². The van der Waals surface area contributed by atoms with E-state index in [0.717, 1.165) is 32.4 Å². The van der Waals surface area contributed by atoms with Gasteiger partial charge in [-0.2, -0.15) is 5.10 Å². The molecular formula is C15H20N4OS. The molecule has 2 aromatic rings. The molecule has 0 aliphatic carbocycles. The molecule has 1 atom stereocenters. The number of hydrogen-bond acceptors (Lipinski definition) is 4. The summed E-state index contributed by atoms with van der Waals surface area (Å²) in [5.41, 5.74) is 0.506. The van der Waals surface area contributed by atoms with Gasteiger partial charge in [0, 0.05) is 24.2 Å². The number of piperidine rings is 1. The number of carbonyl (C=O) groups excluding carboxylic acids is 1. The lowest BCUT2D eigenvalue weighted by Gasteiger charge is -2.22. The zero-order chi connectivity index (χ0) is 14.5. The fourth-order valence-electron chi connectivity index (χ4n) is 2.57. The Balaban J connectivity index is 1.51. The van der Waals surface area contributed by atoms with Crippen LogP contribution in [-0.2, 0) is 6.42 Å². The second kappa shape index (κ2) is 6.87. The van der Waals surface area contributed by atoms with E-state index in [-0.39, 0.29) is 5.91 Å². The van der Waals surface area contributed by atoms with Gasteiger partial charge in [0.05, 0.1) is 6.04 Å². The summed E-state index contributed by atoms with van der Waals surface area (Å²) in [5.74, 6) is -0.0888. The summed E-state index contributed by atoms with van der Waals surface area (Å²) in [7, 11) is 0. The smallest absolute Gasteiger partial charge is 0.271 e. The molecule has 112 valence electrons. The molecule has 2 aromatic heterocycles. The van der Waals surface area contributed by atoms with Crippen LogP contribution in [-0.4, -0.2) is 35.3 Å². The molecule has 2 N–H and O–H groups in total. The third kappa shape index (κ3) is 3.71. The van der Waals surface area contributed by atoms with Crippen molar-refractivity contribution in [1.29, 1.82) is 0 Å². The van der Waals surface area contributed by atoms with Crippen LogP contribution in [0.15, 0.2) is 29.8 Å². The van der Waals surface area contributed by atoms with Crippen LogP contribution in [0.1, 0.15) is 34.2 Å². The Kier molecular flexibility index (Phi) is 4.67. The first-order chi connectivity index (χ1) is 10.3. The first kappa shape index (κ1) is 14.3. The van der Waals surface area contributed by atoms with Gasteiger partial charge in [0.25, 0.3) is 5.91 Å². The van der Waals surface area contributed by atoms with E-state index in [2.05, 4.69) is 27.2 Å². The summed E-state index contributed by atoms with van der Waals surface area (Å²) >= 11 is 1.72. The lowest BCUT2D eigenvalue weighted by Crippen LogP contribution is -2.32. The van der Waals surface area contributed by atoms with E-state index in [1.54, 1.807) is 17.4 Å². The topological polar surface area (TPSA) is 59.0 Å². The van der Waals surface area contributed by atoms with Gasteiger partial charge in [0.2, 0.25) is 0 Å². The highest BCUT2D eigenvalue weighted by atomic mass is 32.1. The van der Waals surface area contributed by atoms with Crippen molar-refractivity contribution in [3.05, 3.63) is 40.3 Å². The Morgan fingerprint density at radius 2 is 2.48 bits per heavy atom. The van der Waals surface area contributed by atoms with Crippen LogP contribution >= 0.6 is 11.3 Å². The maximum atomic E-state index is 12.1. The Hall–Kier alpha value is -1.66. The number of rotatable bonds is 5. The minimum atomic E-state index is -0.0888. The molecule has 1 saturated heterocycles. The third-order valence-electron chi connectivity index (χ3n) is 3.72. The predicted octanol–water partition coefficient (Wildman–Crippen LogP) is 1.84. The molecule has 0 radical (unpaired) electrons. The van der Waals surface area contributed by atoms with Crippen molar-refractivity contribution in [3.8, 4) is 0 Å². The average molecular weight is 304 g/mol. The molecule has 0 aromatic carbocycles. The summed E-state index contributed by atoms with van der Waals surface area (Å²) in [6.07, 6.45) is 5.06. The fraction of sp³-hybridized carbons (Fsp3) is 0.467. The van der Waals surface area contributed by atoms with E-state index in [1.807, 2.05) is 16.9 Å². The Bertz CT molecular complexity index is 572. The second-order valence-corrected chi connectivity index (χ2v) is 6.30. The summed E-state index contributed by atoms with van der Waals surface area (Å²) in [6.45, 7) is 2.66. The molecule has 3 rings (SSSR count). The van der Waals surface area contributed by atoms with E-state index >= 15 is 0 Å². The van der Waals surface area contributed by atoms with Crippen molar-refractivity contribution in [2.45, 2.75) is 25.3 Å². The standard InChI is InChI=1S/C15H20N4OS/c20-15(17-8-5-13-4-2-10-21-13)14-6-9-19(18-14)12-3-1-7-16-11-12/h2,4,6,9-10,12,16H,1,3,5,7-8,11H2,(H,17,20)/t12-/m1/s1. The molecule has 21 heavy (non-hydrogen) atoms. The lowest BCUT2D eigenvalue weighted by atomic mass is 10.1. The van der Waals surface area contributed by atoms with Gasteiger partial charge >= 0.3 is 0 Å². The highest BCUT2D eigenvalue weighted by Gasteiger charge is 2.17. The molecule has 3 heterocycles. The van der Waals surface area contributed by atoms with Gasteiger partial charge in [-0.05, 0) is 43.3 Å². The van der Waals surface area contributed by atoms with Gasteiger partial charge in [0.15, 0.2) is 0 Å². The highest BCUT2D eigenvalue weighted by Crippen LogP contribution is 2.15. The Morgan fingerprint density at radius 1 is 1.52 bits per heavy atom. The lowest BCUT2D eigenvalue weighted by molar-refractivity contribution is 0.0948. The van der Waals surface area contributed by atoms with Crippen molar-refractivity contribution in [1.82, 2.24) is 20.4 Å². The zero-order valence-corrected chi connectivity index (χ0v) is 12.7. The summed E-state index contributed by atoms with van der Waals surface area (Å²) in [5, 5.41) is 12.8. The van der Waals surface area contributed by atoms with Crippen molar-refractivity contribution in [2.24, 2.45) is 0 Å². The van der Waals surface area contributed by atoms with Gasteiger partial charge in [-0.3, -0.25) is 9.48 Å². The van der Waals surface area contributed by atoms with Crippen molar-refractivity contribution >= 4 is 17.2 Å². The molecule has 0 bridgehead atoms. The number of amides is 1. The summed E-state index contributed by atoms with van der Waals surface area (Å²) in [6, 6.07) is 6.28. The highest BCUT2D eigenvalue weighted by molar-refractivity contribution is 7.09. The average Bonchev–Trinajstić information content (AvgIpc) is 3.20. The molecule has 5 nitrogen and oxygen atoms in total. The molecule has 6 heteroatoms. The molecule has 1 amide bonds. The molecule has 0 unspecified atom stereocenters. The largest absolute Gasteiger partial charge is 0.350 e. The van der Waals surface area contributed by atoms with Gasteiger partial charge in [-0.15, -0.1) is 11.3 Å². The fourth-order valence-corrected chi connectivity index (χ4v) is 3.28. The van der Waals surface area contributed by atoms with E-state index in [9.17, 15) is 4.79 Å². The number of hydrogen-bond donors (Lipinski definition) is 2. The monoisotopic (exact) mass is 304 g/mol. The first-order valence-corrected chi connectivity index (χ1v) is 8.27. The maximum absolute atomic E-state index is 12.1. The molecular weight excluding hydrogens is 284 g/mol. The van der Waals surface area contributed by atoms with Crippen LogP contribution in [0.5, 0.6) is 0 Å². The predicted molar refractivity (Wildman–Crippen MR) is 83.7 cm³/mol. The zero-order valence-electron chi connectivity index (χ0n) is 11.9. The molecule has 1 fully saturated rings. The van der Waals surface area contributed by atoms with Crippen LogP contribution < -0.4 is 10.6 Å². The first-order valence-electron chi connectivity index (χ1n) is 7.39. The number of thiophene rings is 1. The van der Waals surface area contributed by atoms with E-state index in [1.165, 1.54) is 4.88 Å². The number of aromatic nitrogens is 2. The van der Waals surface area contributed by atoms with Crippen LogP contribution in [0, 0.1) is 0 Å². The van der Waals surface area contributed by atoms with Crippen molar-refractivity contribution in [2.75, 3.05) is 19.6 Å². The van der Waals surface area contributed by atoms with Crippen LogP contribution in [0.4, 0.5) is 0 Å². The normalized spacial score (nSPS) is 18.6. The summed E-state index contributed by atoms with van der Waals surface area (Å²) < 4.78 is 1.92. The minimum Gasteiger partial charge on any atom is -0.350 e. The molecule has 0 spiro atoms. The maximum Gasteiger partial charge on any atom is 0.271 e. The molecule has 1 aliphatic rings. The minimum absolute atomic E-state index is 0.0888. The van der Waals surface area contributed by atoms with Gasteiger partial charge in [-0.1, -0.05) is 6.07 Å². The van der Waals surface area contributed by atoms with E-state index < -0.39 is 0 Å². The van der Waals surface area contributed by atoms with Crippen molar-refractivity contribution < 1.29 is 4.79 Å². The van der Waals surface area contributed by atoms with E-state index in [4.69, 9.17) is 0 Å². The second-order valence-electron chi connectivity index (χ2n) is 5.27. The third-order valence-corrected chi connectivity index (χ3v) is 4.66. The molecule has 1 aliphatic heterocycles. The van der Waals surface area contributed by atoms with Crippen LogP contribution in [0.25, 0.3) is 0 Å². The van der Waals surface area contributed by atoms with Crippen LogP contribution in [0.2, 0.25) is 0 Å². The Morgan fingerprint density at radius 3 is 3.24 bits per heavy atom. The van der Waals surface area contributed by atoms with Gasteiger partial charge in [0.1, 0.15) is 5.69 Å². The quantitative estimate of drug-likeness (QED) is 0.886.